The van der Waals surface area contributed by atoms with E-state index in [1.807, 2.05) is 6.92 Å². The quantitative estimate of drug-likeness (QED) is 0.668. The number of sulfonamides is 1. The van der Waals surface area contributed by atoms with Crippen molar-refractivity contribution in [2.75, 3.05) is 12.4 Å². The Labute approximate surface area is 141 Å². The van der Waals surface area contributed by atoms with E-state index in [9.17, 15) is 13.2 Å². The number of nitrogens with zero attached hydrogens (tertiary/aromatic N) is 2. The van der Waals surface area contributed by atoms with Gasteiger partial charge in [-0.2, -0.15) is 17.9 Å². The van der Waals surface area contributed by atoms with E-state index in [1.165, 1.54) is 20.2 Å². The molecule has 2 rings (SSSR count). The molecular weight excluding hydrogens is 326 g/mol. The maximum atomic E-state index is 12.4. The number of carbonyl (C=O) groups is 1. The van der Waals surface area contributed by atoms with Gasteiger partial charge in [-0.25, -0.2) is 0 Å². The molecule has 24 heavy (non-hydrogen) atoms. The van der Waals surface area contributed by atoms with Crippen molar-refractivity contribution in [3.63, 3.8) is 0 Å². The highest BCUT2D eigenvalue weighted by Gasteiger charge is 2.18. The third kappa shape index (κ3) is 4.42. The van der Waals surface area contributed by atoms with Crippen LogP contribution in [0.5, 0.6) is 0 Å². The van der Waals surface area contributed by atoms with Crippen molar-refractivity contribution < 1.29 is 13.2 Å². The molecule has 0 atom stereocenters. The Morgan fingerprint density at radius 1 is 1.08 bits per heavy atom. The maximum Gasteiger partial charge on any atom is 0.278 e. The van der Waals surface area contributed by atoms with Gasteiger partial charge in [0.05, 0.1) is 11.1 Å². The number of carbonyl (C=O) groups excluding carboxylic acids is 1. The lowest BCUT2D eigenvalue weighted by molar-refractivity contribution is -0.114. The Morgan fingerprint density at radius 2 is 1.67 bits per heavy atom. The number of hydrogen-bond acceptors (Lipinski definition) is 4. The molecule has 0 unspecified atom stereocenters. The van der Waals surface area contributed by atoms with Gasteiger partial charge in [-0.15, -0.1) is 0 Å². The third-order valence-electron chi connectivity index (χ3n) is 3.27. The minimum atomic E-state index is -3.67. The number of rotatable bonds is 5. The average Bonchev–Trinajstić information content (AvgIpc) is 2.53. The zero-order chi connectivity index (χ0) is 17.7. The predicted molar refractivity (Wildman–Crippen MR) is 94.5 cm³/mol. The van der Waals surface area contributed by atoms with Gasteiger partial charge in [-0.05, 0) is 36.8 Å². The molecule has 2 aromatic carbocycles. The molecule has 0 aliphatic rings. The van der Waals surface area contributed by atoms with Crippen LogP contribution < -0.4 is 5.32 Å². The van der Waals surface area contributed by atoms with Crippen molar-refractivity contribution in [3.05, 3.63) is 59.7 Å². The zero-order valence-electron chi connectivity index (χ0n) is 13.7. The second-order valence-electron chi connectivity index (χ2n) is 5.30. The van der Waals surface area contributed by atoms with Crippen LogP contribution >= 0.6 is 0 Å². The van der Waals surface area contributed by atoms with Gasteiger partial charge in [-0.3, -0.25) is 4.79 Å². The summed E-state index contributed by atoms with van der Waals surface area (Å²) in [4.78, 5) is 11.2. The van der Waals surface area contributed by atoms with E-state index in [4.69, 9.17) is 0 Å². The van der Waals surface area contributed by atoms with Crippen LogP contribution in [0.3, 0.4) is 0 Å². The fourth-order valence-corrected chi connectivity index (χ4v) is 2.88. The fourth-order valence-electron chi connectivity index (χ4n) is 1.93. The van der Waals surface area contributed by atoms with E-state index in [2.05, 4.69) is 10.4 Å². The molecule has 0 bridgehead atoms. The van der Waals surface area contributed by atoms with Crippen molar-refractivity contribution in [2.45, 2.75) is 18.7 Å². The summed E-state index contributed by atoms with van der Waals surface area (Å²) in [6.45, 7) is 3.32. The van der Waals surface area contributed by atoms with Crippen molar-refractivity contribution >= 4 is 27.8 Å². The minimum Gasteiger partial charge on any atom is -0.326 e. The monoisotopic (exact) mass is 345 g/mol. The van der Waals surface area contributed by atoms with Gasteiger partial charge in [0.2, 0.25) is 5.91 Å². The van der Waals surface area contributed by atoms with E-state index in [0.29, 0.717) is 5.69 Å². The van der Waals surface area contributed by atoms with Gasteiger partial charge in [0, 0.05) is 19.7 Å². The normalized spacial score (nSPS) is 11.5. The SMILES string of the molecule is CC(=O)Nc1ccc(C=NN(C)S(=O)(=O)c2ccc(C)cc2)cc1. The fraction of sp³-hybridized carbons (Fsp3) is 0.176. The van der Waals surface area contributed by atoms with Gasteiger partial charge >= 0.3 is 0 Å². The first-order valence-corrected chi connectivity index (χ1v) is 8.70. The second-order valence-corrected chi connectivity index (χ2v) is 7.25. The zero-order valence-corrected chi connectivity index (χ0v) is 14.5. The molecule has 0 saturated carbocycles. The molecule has 7 heteroatoms. The predicted octanol–water partition coefficient (Wildman–Crippen LogP) is 2.61. The van der Waals surface area contributed by atoms with Gasteiger partial charge < -0.3 is 5.32 Å². The number of aryl methyl sites for hydroxylation is 1. The lowest BCUT2D eigenvalue weighted by Gasteiger charge is -2.13. The summed E-state index contributed by atoms with van der Waals surface area (Å²) >= 11 is 0. The van der Waals surface area contributed by atoms with E-state index >= 15 is 0 Å². The van der Waals surface area contributed by atoms with Crippen LogP contribution in [0.1, 0.15) is 18.1 Å². The Morgan fingerprint density at radius 3 is 2.21 bits per heavy atom. The van der Waals surface area contributed by atoms with Gasteiger partial charge in [0.1, 0.15) is 0 Å². The molecule has 0 spiro atoms. The van der Waals surface area contributed by atoms with Crippen molar-refractivity contribution in [1.82, 2.24) is 4.41 Å². The number of benzene rings is 2. The molecule has 0 radical (unpaired) electrons. The molecule has 0 aliphatic carbocycles. The van der Waals surface area contributed by atoms with E-state index in [1.54, 1.807) is 48.5 Å². The van der Waals surface area contributed by atoms with Crippen LogP contribution in [0.25, 0.3) is 0 Å². The number of hydrazone groups is 1. The number of anilines is 1. The first kappa shape index (κ1) is 17.7. The van der Waals surface area contributed by atoms with Gasteiger partial charge in [0.15, 0.2) is 0 Å². The van der Waals surface area contributed by atoms with Crippen LogP contribution in [0.4, 0.5) is 5.69 Å². The summed E-state index contributed by atoms with van der Waals surface area (Å²) in [5, 5.41) is 6.65. The molecule has 0 fully saturated rings. The number of amides is 1. The highest BCUT2D eigenvalue weighted by atomic mass is 32.2. The first-order chi connectivity index (χ1) is 11.3. The minimum absolute atomic E-state index is 0.152. The average molecular weight is 345 g/mol. The van der Waals surface area contributed by atoms with Crippen LogP contribution in [0, 0.1) is 6.92 Å². The molecule has 0 aliphatic heterocycles. The van der Waals surface area contributed by atoms with Crippen LogP contribution in [-0.4, -0.2) is 32.0 Å². The number of nitrogens with one attached hydrogen (secondary N) is 1. The molecule has 1 N–H and O–H groups in total. The molecule has 6 nitrogen and oxygen atoms in total. The van der Waals surface area contributed by atoms with Crippen LogP contribution in [-0.2, 0) is 14.8 Å². The molecular formula is C17H19N3O3S. The Hall–Kier alpha value is -2.67. The third-order valence-corrected chi connectivity index (χ3v) is 4.93. The molecule has 126 valence electrons. The number of hydrogen-bond donors (Lipinski definition) is 1. The van der Waals surface area contributed by atoms with E-state index in [-0.39, 0.29) is 10.8 Å². The highest BCUT2D eigenvalue weighted by Crippen LogP contribution is 2.15. The maximum absolute atomic E-state index is 12.4. The molecule has 0 aromatic heterocycles. The molecule has 0 heterocycles. The first-order valence-electron chi connectivity index (χ1n) is 7.26. The lowest BCUT2D eigenvalue weighted by atomic mass is 10.2. The highest BCUT2D eigenvalue weighted by molar-refractivity contribution is 7.89. The van der Waals surface area contributed by atoms with E-state index < -0.39 is 10.0 Å². The summed E-state index contributed by atoms with van der Waals surface area (Å²) in [5.74, 6) is -0.152. The van der Waals surface area contributed by atoms with Crippen molar-refractivity contribution in [2.24, 2.45) is 5.10 Å². The summed E-state index contributed by atoms with van der Waals surface area (Å²) in [6.07, 6.45) is 1.45. The van der Waals surface area contributed by atoms with E-state index in [0.717, 1.165) is 15.5 Å². The summed E-state index contributed by atoms with van der Waals surface area (Å²) < 4.78 is 25.7. The van der Waals surface area contributed by atoms with Crippen molar-refractivity contribution in [1.29, 1.82) is 0 Å². The topological polar surface area (TPSA) is 78.8 Å². The largest absolute Gasteiger partial charge is 0.326 e. The van der Waals surface area contributed by atoms with Gasteiger partial charge in [-0.1, -0.05) is 29.8 Å². The summed E-state index contributed by atoms with van der Waals surface area (Å²) in [7, 11) is -2.29. The Balaban J connectivity index is 2.13. The smallest absolute Gasteiger partial charge is 0.278 e. The lowest BCUT2D eigenvalue weighted by Crippen LogP contribution is -2.21. The van der Waals surface area contributed by atoms with Gasteiger partial charge in [0.25, 0.3) is 10.0 Å². The second kappa shape index (κ2) is 7.27. The molecule has 1 amide bonds. The standard InChI is InChI=1S/C17H19N3O3S/c1-13-4-10-17(11-5-13)24(22,23)20(3)18-12-15-6-8-16(9-7-15)19-14(2)21/h4-12H,1-3H3,(H,19,21). The summed E-state index contributed by atoms with van der Waals surface area (Å²) in [5.41, 5.74) is 2.37. The summed E-state index contributed by atoms with van der Waals surface area (Å²) in [6, 6.07) is 13.5. The van der Waals surface area contributed by atoms with Crippen LogP contribution in [0.2, 0.25) is 0 Å². The Kier molecular flexibility index (Phi) is 5.35. The molecule has 0 saturated heterocycles. The molecule has 2 aromatic rings. The van der Waals surface area contributed by atoms with Crippen LogP contribution in [0.15, 0.2) is 58.5 Å². The Bertz CT molecular complexity index is 842. The van der Waals surface area contributed by atoms with Crippen molar-refractivity contribution in [3.8, 4) is 0 Å².